The number of hydrogen-bond acceptors (Lipinski definition) is 1. The molecule has 2 aliphatic carbocycles. The van der Waals surface area contributed by atoms with Crippen LogP contribution in [0.1, 0.15) is 0 Å². The molecule has 2 fully saturated rings. The van der Waals surface area contributed by atoms with E-state index in [0.29, 0.717) is 4.74 Å². The molecule has 0 aromatic carbocycles. The molecule has 0 atom stereocenters. The monoisotopic (exact) mass is 778 g/mol. The van der Waals surface area contributed by atoms with E-state index in [1.54, 1.807) is 0 Å². The molecule has 2 aliphatic rings. The van der Waals surface area contributed by atoms with Crippen molar-refractivity contribution >= 4 is 0 Å². The van der Waals surface area contributed by atoms with Crippen molar-refractivity contribution in [2.45, 2.75) is 94.6 Å². The summed E-state index contributed by atoms with van der Waals surface area (Å²) in [5.41, 5.74) is 0. The van der Waals surface area contributed by atoms with Crippen LogP contribution in [0.25, 0.3) is 0 Å². The lowest BCUT2D eigenvalue weighted by atomic mass is 9.77. The Bertz CT molecular complexity index is 1090. The molecule has 47 heavy (non-hydrogen) atoms. The largest absolute Gasteiger partial charge is 0.385 e. The second-order valence-corrected chi connectivity index (χ2v) is 9.33. The van der Waals surface area contributed by atoms with Crippen molar-refractivity contribution in [1.29, 1.82) is 0 Å². The van der Waals surface area contributed by atoms with Crippen molar-refractivity contribution in [2.75, 3.05) is 0 Å². The predicted octanol–water partition coefficient (Wildman–Crippen LogP) is 9.26. The summed E-state index contributed by atoms with van der Waals surface area (Å²) in [7, 11) is 0. The van der Waals surface area contributed by atoms with Crippen LogP contribution in [-0.4, -0.2) is 94.6 Å². The quantitative estimate of drug-likeness (QED) is 0.254. The Morgan fingerprint density at radius 2 is 0.234 bits per heavy atom. The first-order valence-corrected chi connectivity index (χ1v) is 10.1. The van der Waals surface area contributed by atoms with Crippen molar-refractivity contribution in [1.82, 2.24) is 0 Å². The van der Waals surface area contributed by atoms with Crippen LogP contribution in [0.3, 0.4) is 0 Å². The van der Waals surface area contributed by atoms with Gasteiger partial charge in [-0.05, 0) is 0 Å². The van der Waals surface area contributed by atoms with Gasteiger partial charge < -0.3 is 0 Å². The van der Waals surface area contributed by atoms with E-state index < -0.39 is 94.6 Å². The lowest BCUT2D eigenvalue weighted by Crippen LogP contribution is -2.88. The highest BCUT2D eigenvalue weighted by molar-refractivity contribution is 5.28. The molecular formula is C16F30O. The molecule has 0 bridgehead atoms. The smallest absolute Gasteiger partial charge is 0.288 e. The molecule has 280 valence electrons. The maximum absolute atomic E-state index is 15.0. The standard InChI is InChI=1S/C16F30O/c17-1(18)3(21,22)7(29,30)11(37,38)15(45,12(39,40)8(31,32)4(1,23)24)47-16(46)13(41,42)9(33,34)5(25,26)2(19,20)6(27,28)10(35,36)14(16,43)44. The summed E-state index contributed by atoms with van der Waals surface area (Å²) < 4.78 is 418. The summed E-state index contributed by atoms with van der Waals surface area (Å²) in [6.45, 7) is 0. The zero-order chi connectivity index (χ0) is 38.7. The van der Waals surface area contributed by atoms with E-state index in [0.717, 1.165) is 0 Å². The predicted molar refractivity (Wildman–Crippen MR) is 78.0 cm³/mol. The fraction of sp³-hybridized carbons (Fsp3) is 1.00. The molecule has 0 saturated heterocycles. The third-order valence-electron chi connectivity index (χ3n) is 6.63. The van der Waals surface area contributed by atoms with Gasteiger partial charge in [-0.25, -0.2) is 0 Å². The lowest BCUT2D eigenvalue weighted by molar-refractivity contribution is -0.573. The Morgan fingerprint density at radius 3 is 0.340 bits per heavy atom. The van der Waals surface area contributed by atoms with Crippen LogP contribution in [0.5, 0.6) is 0 Å². The minimum absolute atomic E-state index is 0.615. The second kappa shape index (κ2) is 8.95. The second-order valence-electron chi connectivity index (χ2n) is 9.33. The van der Waals surface area contributed by atoms with E-state index in [9.17, 15) is 132 Å². The van der Waals surface area contributed by atoms with Gasteiger partial charge in [0.05, 0.1) is 0 Å². The number of hydrogen-bond donors (Lipinski definition) is 0. The van der Waals surface area contributed by atoms with E-state index in [-0.39, 0.29) is 0 Å². The highest BCUT2D eigenvalue weighted by Crippen LogP contribution is 2.75. The van der Waals surface area contributed by atoms with Gasteiger partial charge >= 0.3 is 94.6 Å². The lowest BCUT2D eigenvalue weighted by Gasteiger charge is -2.55. The summed E-state index contributed by atoms with van der Waals surface area (Å²) in [6.07, 6.45) is 0. The van der Waals surface area contributed by atoms with Crippen molar-refractivity contribution < 1.29 is 136 Å². The molecule has 0 aromatic rings. The van der Waals surface area contributed by atoms with Gasteiger partial charge in [0.2, 0.25) is 0 Å². The van der Waals surface area contributed by atoms with Gasteiger partial charge in [-0.3, -0.25) is 4.74 Å². The highest BCUT2D eigenvalue weighted by Gasteiger charge is 3.07. The molecular weight excluding hydrogens is 778 g/mol. The zero-order valence-corrected chi connectivity index (χ0v) is 19.7. The third-order valence-corrected chi connectivity index (χ3v) is 6.63. The van der Waals surface area contributed by atoms with E-state index in [1.165, 1.54) is 0 Å². The minimum Gasteiger partial charge on any atom is -0.288 e. The Labute approximate surface area is 232 Å². The van der Waals surface area contributed by atoms with Crippen LogP contribution in [0.15, 0.2) is 0 Å². The van der Waals surface area contributed by atoms with Gasteiger partial charge in [-0.2, -0.15) is 132 Å². The first-order valence-electron chi connectivity index (χ1n) is 10.1. The molecule has 0 N–H and O–H groups in total. The van der Waals surface area contributed by atoms with E-state index in [4.69, 9.17) is 0 Å². The van der Waals surface area contributed by atoms with Crippen LogP contribution in [0.4, 0.5) is 132 Å². The topological polar surface area (TPSA) is 9.23 Å². The maximum Gasteiger partial charge on any atom is 0.385 e. The number of rotatable bonds is 2. The Morgan fingerprint density at radius 1 is 0.149 bits per heavy atom. The van der Waals surface area contributed by atoms with Gasteiger partial charge in [-0.15, -0.1) is 0 Å². The SMILES string of the molecule is FC1(F)C(F)(F)C(F)(F)C(F)(F)C(F)(OC2(F)C(F)(F)C(F)(F)C(F)(F)C(F)(F)C(F)(F)C(F)(F)C2(F)F)C(F)(F)C(F)(F)C1(F)F. The van der Waals surface area contributed by atoms with Crippen molar-refractivity contribution in [2.24, 2.45) is 0 Å². The zero-order valence-electron chi connectivity index (χ0n) is 19.7. The van der Waals surface area contributed by atoms with Gasteiger partial charge in [0.15, 0.2) is 0 Å². The minimum atomic E-state index is -10.2. The Kier molecular flexibility index (Phi) is 7.82. The molecule has 0 aliphatic heterocycles. The molecule has 0 spiro atoms. The van der Waals surface area contributed by atoms with Crippen molar-refractivity contribution in [3.63, 3.8) is 0 Å². The summed E-state index contributed by atoms with van der Waals surface area (Å²) in [5, 5.41) is 0. The average Bonchev–Trinajstić information content (AvgIpc) is 2.85. The molecule has 0 unspecified atom stereocenters. The number of alkyl halides is 30. The van der Waals surface area contributed by atoms with Gasteiger partial charge in [0.1, 0.15) is 0 Å². The van der Waals surface area contributed by atoms with Gasteiger partial charge in [0, 0.05) is 0 Å². The molecule has 1 nitrogen and oxygen atoms in total. The normalized spacial score (nSPS) is 34.9. The molecule has 0 heterocycles. The third kappa shape index (κ3) is 3.52. The number of ether oxygens (including phenoxy) is 1. The summed E-state index contributed by atoms with van der Waals surface area (Å²) in [6, 6.07) is 0. The first kappa shape index (κ1) is 41.0. The number of halogens is 30. The van der Waals surface area contributed by atoms with Crippen LogP contribution in [0.2, 0.25) is 0 Å². The molecule has 2 rings (SSSR count). The Hall–Kier alpha value is -2.14. The van der Waals surface area contributed by atoms with Gasteiger partial charge in [0.25, 0.3) is 0 Å². The Balaban J connectivity index is 3.37. The van der Waals surface area contributed by atoms with E-state index in [1.807, 2.05) is 0 Å². The fourth-order valence-electron chi connectivity index (χ4n) is 3.62. The molecule has 0 amide bonds. The molecule has 0 radical (unpaired) electrons. The highest BCUT2D eigenvalue weighted by atomic mass is 19.4. The van der Waals surface area contributed by atoms with Crippen molar-refractivity contribution in [3.05, 3.63) is 0 Å². The van der Waals surface area contributed by atoms with Gasteiger partial charge in [-0.1, -0.05) is 0 Å². The van der Waals surface area contributed by atoms with E-state index >= 15 is 0 Å². The molecule has 0 aromatic heterocycles. The van der Waals surface area contributed by atoms with Crippen LogP contribution < -0.4 is 0 Å². The van der Waals surface area contributed by atoms with Crippen molar-refractivity contribution in [3.8, 4) is 0 Å². The van der Waals surface area contributed by atoms with Crippen LogP contribution >= 0.6 is 0 Å². The molecule has 2 saturated carbocycles. The average molecular weight is 778 g/mol. The van der Waals surface area contributed by atoms with Crippen LogP contribution in [-0.2, 0) is 4.74 Å². The van der Waals surface area contributed by atoms with Crippen LogP contribution in [0, 0.1) is 0 Å². The maximum atomic E-state index is 15.0. The summed E-state index contributed by atoms with van der Waals surface area (Å²) in [4.78, 5) is 0. The molecule has 31 heteroatoms. The first-order chi connectivity index (χ1) is 19.7. The van der Waals surface area contributed by atoms with E-state index in [2.05, 4.69) is 0 Å². The summed E-state index contributed by atoms with van der Waals surface area (Å²) >= 11 is 0. The summed E-state index contributed by atoms with van der Waals surface area (Å²) in [5.74, 6) is -154. The fourth-order valence-corrected chi connectivity index (χ4v) is 3.62.